The van der Waals surface area contributed by atoms with Gasteiger partial charge < -0.3 is 5.11 Å². The maximum atomic E-state index is 12.0. The summed E-state index contributed by atoms with van der Waals surface area (Å²) in [7, 11) is -3.37. The second-order valence-electron chi connectivity index (χ2n) is 5.25. The molecule has 0 saturated carbocycles. The smallest absolute Gasteiger partial charge is 0.182 e. The number of phenolic OH excluding ortho intramolecular Hbond substituents is 1. The Morgan fingerprint density at radius 3 is 2.29 bits per heavy atom. The summed E-state index contributed by atoms with van der Waals surface area (Å²) in [5.74, 6) is -0.0970. The lowest BCUT2D eigenvalue weighted by Crippen LogP contribution is -2.13. The minimum Gasteiger partial charge on any atom is -0.507 e. The first kappa shape index (κ1) is 14.0. The average Bonchev–Trinajstić information content (AvgIpc) is 2.15. The normalized spacial score (nSPS) is 12.7. The Labute approximate surface area is 103 Å². The zero-order valence-corrected chi connectivity index (χ0v) is 11.6. The summed E-state index contributed by atoms with van der Waals surface area (Å²) in [6, 6.07) is 4.81. The molecule has 0 saturated heterocycles. The lowest BCUT2D eigenvalue weighted by Gasteiger charge is -2.20. The summed E-state index contributed by atoms with van der Waals surface area (Å²) in [6.45, 7) is 7.84. The molecule has 3 nitrogen and oxygen atoms in total. The van der Waals surface area contributed by atoms with Crippen molar-refractivity contribution >= 4 is 9.84 Å². The van der Waals surface area contributed by atoms with Crippen LogP contribution in [0.3, 0.4) is 0 Å². The third-order valence-corrected chi connectivity index (χ3v) is 4.58. The second-order valence-corrected chi connectivity index (χ2v) is 7.33. The van der Waals surface area contributed by atoms with Crippen LogP contribution in [0.2, 0.25) is 0 Å². The van der Waals surface area contributed by atoms with Crippen LogP contribution in [0.5, 0.6) is 5.75 Å². The van der Waals surface area contributed by atoms with Gasteiger partial charge in [-0.05, 0) is 29.5 Å². The first-order valence-corrected chi connectivity index (χ1v) is 7.40. The highest BCUT2D eigenvalue weighted by Gasteiger charge is 2.22. The fourth-order valence-electron chi connectivity index (χ4n) is 1.61. The van der Waals surface area contributed by atoms with Gasteiger partial charge in [0.15, 0.2) is 9.84 Å². The standard InChI is InChI=1S/C13H20O3S/c1-5-8-17(15,16)12-9-10(13(2,3)4)6-7-11(12)14/h6-7,9,14H,5,8H2,1-4H3. The number of hydrogen-bond acceptors (Lipinski definition) is 3. The van der Waals surface area contributed by atoms with Gasteiger partial charge in [-0.15, -0.1) is 0 Å². The Morgan fingerprint density at radius 1 is 1.24 bits per heavy atom. The molecule has 0 heterocycles. The van der Waals surface area contributed by atoms with Crippen molar-refractivity contribution in [3.05, 3.63) is 23.8 Å². The average molecular weight is 256 g/mol. The zero-order chi connectivity index (χ0) is 13.3. The van der Waals surface area contributed by atoms with Crippen molar-refractivity contribution in [3.63, 3.8) is 0 Å². The van der Waals surface area contributed by atoms with E-state index in [2.05, 4.69) is 0 Å². The van der Waals surface area contributed by atoms with Crippen molar-refractivity contribution in [1.82, 2.24) is 0 Å². The Balaban J connectivity index is 3.35. The molecule has 0 aliphatic heterocycles. The number of hydrogen-bond donors (Lipinski definition) is 1. The van der Waals surface area contributed by atoms with Gasteiger partial charge in [0.25, 0.3) is 0 Å². The van der Waals surface area contributed by atoms with Gasteiger partial charge in [-0.3, -0.25) is 0 Å². The Bertz CT molecular complexity index is 496. The number of aromatic hydroxyl groups is 1. The van der Waals surface area contributed by atoms with Gasteiger partial charge in [-0.2, -0.15) is 0 Å². The molecule has 0 aromatic heterocycles. The van der Waals surface area contributed by atoms with Crippen molar-refractivity contribution in [2.75, 3.05) is 5.75 Å². The molecule has 1 rings (SSSR count). The molecule has 0 atom stereocenters. The molecule has 0 unspecified atom stereocenters. The molecule has 96 valence electrons. The summed E-state index contributed by atoms with van der Waals surface area (Å²) in [5, 5.41) is 9.68. The molecule has 0 bridgehead atoms. The Morgan fingerprint density at radius 2 is 1.82 bits per heavy atom. The number of benzene rings is 1. The van der Waals surface area contributed by atoms with Gasteiger partial charge in [0.05, 0.1) is 5.75 Å². The summed E-state index contributed by atoms with van der Waals surface area (Å²) >= 11 is 0. The predicted molar refractivity (Wildman–Crippen MR) is 69.2 cm³/mol. The van der Waals surface area contributed by atoms with E-state index in [4.69, 9.17) is 0 Å². The summed E-state index contributed by atoms with van der Waals surface area (Å²) < 4.78 is 23.9. The van der Waals surface area contributed by atoms with Crippen molar-refractivity contribution in [2.45, 2.75) is 44.4 Å². The van der Waals surface area contributed by atoms with Gasteiger partial charge in [0.2, 0.25) is 0 Å². The topological polar surface area (TPSA) is 54.4 Å². The molecule has 1 aromatic carbocycles. The van der Waals surface area contributed by atoms with E-state index in [9.17, 15) is 13.5 Å². The fourth-order valence-corrected chi connectivity index (χ4v) is 3.06. The van der Waals surface area contributed by atoms with Crippen LogP contribution in [0.4, 0.5) is 0 Å². The van der Waals surface area contributed by atoms with E-state index in [1.165, 1.54) is 6.07 Å². The van der Waals surface area contributed by atoms with Gasteiger partial charge in [-0.25, -0.2) is 8.42 Å². The molecule has 0 aliphatic carbocycles. The minimum atomic E-state index is -3.37. The van der Waals surface area contributed by atoms with Crippen LogP contribution in [0.1, 0.15) is 39.7 Å². The second kappa shape index (κ2) is 4.69. The SMILES string of the molecule is CCCS(=O)(=O)c1cc(C(C)(C)C)ccc1O. The third kappa shape index (κ3) is 3.22. The molecule has 0 radical (unpaired) electrons. The Kier molecular flexibility index (Phi) is 3.87. The van der Waals surface area contributed by atoms with Gasteiger partial charge >= 0.3 is 0 Å². The van der Waals surface area contributed by atoms with Crippen LogP contribution in [0, 0.1) is 0 Å². The van der Waals surface area contributed by atoms with E-state index in [1.54, 1.807) is 12.1 Å². The zero-order valence-electron chi connectivity index (χ0n) is 10.8. The van der Waals surface area contributed by atoms with E-state index in [1.807, 2.05) is 27.7 Å². The molecule has 4 heteroatoms. The lowest BCUT2D eigenvalue weighted by molar-refractivity contribution is 0.457. The molecule has 0 aliphatic rings. The third-order valence-electron chi connectivity index (χ3n) is 2.63. The number of sulfone groups is 1. The minimum absolute atomic E-state index is 0.0479. The van der Waals surface area contributed by atoms with Crippen molar-refractivity contribution in [3.8, 4) is 5.75 Å². The highest BCUT2D eigenvalue weighted by Crippen LogP contribution is 2.30. The van der Waals surface area contributed by atoms with Crippen LogP contribution in [0.25, 0.3) is 0 Å². The fraction of sp³-hybridized carbons (Fsp3) is 0.538. The van der Waals surface area contributed by atoms with Crippen molar-refractivity contribution in [1.29, 1.82) is 0 Å². The highest BCUT2D eigenvalue weighted by atomic mass is 32.2. The monoisotopic (exact) mass is 256 g/mol. The first-order valence-electron chi connectivity index (χ1n) is 5.74. The van der Waals surface area contributed by atoms with Crippen molar-refractivity contribution in [2.24, 2.45) is 0 Å². The van der Waals surface area contributed by atoms with Gasteiger partial charge in [0, 0.05) is 0 Å². The lowest BCUT2D eigenvalue weighted by atomic mass is 9.87. The van der Waals surface area contributed by atoms with Crippen molar-refractivity contribution < 1.29 is 13.5 Å². The Hall–Kier alpha value is -1.03. The van der Waals surface area contributed by atoms with Crippen LogP contribution in [0.15, 0.2) is 23.1 Å². The molecular weight excluding hydrogens is 236 g/mol. The quantitative estimate of drug-likeness (QED) is 0.904. The summed E-state index contributed by atoms with van der Waals surface area (Å²) in [6.07, 6.45) is 0.543. The predicted octanol–water partition coefficient (Wildman–Crippen LogP) is 2.87. The van der Waals surface area contributed by atoms with E-state index in [0.717, 1.165) is 5.56 Å². The largest absolute Gasteiger partial charge is 0.507 e. The van der Waals surface area contributed by atoms with Gasteiger partial charge in [-0.1, -0.05) is 33.8 Å². The molecular formula is C13H20O3S. The summed E-state index contributed by atoms with van der Waals surface area (Å²) in [5.41, 5.74) is 0.773. The highest BCUT2D eigenvalue weighted by molar-refractivity contribution is 7.91. The van der Waals surface area contributed by atoms with E-state index in [-0.39, 0.29) is 21.8 Å². The van der Waals surface area contributed by atoms with Gasteiger partial charge in [0.1, 0.15) is 10.6 Å². The van der Waals surface area contributed by atoms with Crippen LogP contribution >= 0.6 is 0 Å². The first-order chi connectivity index (χ1) is 7.68. The summed E-state index contributed by atoms with van der Waals surface area (Å²) in [4.78, 5) is 0.0479. The number of phenols is 1. The molecule has 0 spiro atoms. The molecule has 0 fully saturated rings. The van der Waals surface area contributed by atoms with Crippen LogP contribution in [-0.2, 0) is 15.3 Å². The molecule has 17 heavy (non-hydrogen) atoms. The molecule has 0 amide bonds. The van der Waals surface area contributed by atoms with E-state index >= 15 is 0 Å². The van der Waals surface area contributed by atoms with E-state index in [0.29, 0.717) is 6.42 Å². The molecule has 1 N–H and O–H groups in total. The maximum Gasteiger partial charge on any atom is 0.182 e. The van der Waals surface area contributed by atoms with Crippen LogP contribution < -0.4 is 0 Å². The maximum absolute atomic E-state index is 12.0. The van der Waals surface area contributed by atoms with E-state index < -0.39 is 9.84 Å². The van der Waals surface area contributed by atoms with Crippen LogP contribution in [-0.4, -0.2) is 19.3 Å². The molecule has 1 aromatic rings. The number of rotatable bonds is 3.